The minimum atomic E-state index is -0.442. The van der Waals surface area contributed by atoms with Gasteiger partial charge >= 0.3 is 0 Å². The maximum atomic E-state index is 12.6. The highest BCUT2D eigenvalue weighted by atomic mass is 35.5. The van der Waals surface area contributed by atoms with Crippen molar-refractivity contribution in [3.8, 4) is 0 Å². The van der Waals surface area contributed by atoms with Gasteiger partial charge in [-0.2, -0.15) is 0 Å². The molecule has 2 heterocycles. The highest BCUT2D eigenvalue weighted by molar-refractivity contribution is 7.99. The average molecular weight is 359 g/mol. The molecule has 2 atom stereocenters. The van der Waals surface area contributed by atoms with Gasteiger partial charge in [0.05, 0.1) is 0 Å². The lowest BCUT2D eigenvalue weighted by Gasteiger charge is -2.22. The van der Waals surface area contributed by atoms with Crippen LogP contribution >= 0.6 is 23.4 Å². The standard InChI is InChI=1S/C18H15ClN2O2S/c19-14-8-4-1-5-11(14)9-20-16(22)15-10-24-18-13-7-3-2-6-12(13)17(23)21(15)18/h1-8,15,18H,9-10H2,(H,20,22)/t15-,18?/m0/s1. The van der Waals surface area contributed by atoms with Gasteiger partial charge in [0.2, 0.25) is 5.91 Å². The number of carbonyl (C=O) groups excluding carboxylic acids is 2. The van der Waals surface area contributed by atoms with Gasteiger partial charge in [-0.1, -0.05) is 48.0 Å². The summed E-state index contributed by atoms with van der Waals surface area (Å²) < 4.78 is 0. The number of nitrogens with one attached hydrogen (secondary N) is 1. The highest BCUT2D eigenvalue weighted by Crippen LogP contribution is 2.48. The predicted molar refractivity (Wildman–Crippen MR) is 94.9 cm³/mol. The van der Waals surface area contributed by atoms with E-state index in [1.165, 1.54) is 0 Å². The molecule has 2 aliphatic rings. The van der Waals surface area contributed by atoms with E-state index < -0.39 is 6.04 Å². The van der Waals surface area contributed by atoms with Crippen molar-refractivity contribution in [2.75, 3.05) is 5.75 Å². The topological polar surface area (TPSA) is 49.4 Å². The van der Waals surface area contributed by atoms with Gasteiger partial charge in [0.15, 0.2) is 0 Å². The predicted octanol–water partition coefficient (Wildman–Crippen LogP) is 3.23. The molecule has 1 N–H and O–H groups in total. The molecule has 122 valence electrons. The van der Waals surface area contributed by atoms with Gasteiger partial charge in [0.1, 0.15) is 11.4 Å². The first kappa shape index (κ1) is 15.5. The van der Waals surface area contributed by atoms with E-state index in [4.69, 9.17) is 11.6 Å². The van der Waals surface area contributed by atoms with Crippen LogP contribution in [0, 0.1) is 0 Å². The fourth-order valence-electron chi connectivity index (χ4n) is 3.18. The van der Waals surface area contributed by atoms with Gasteiger partial charge in [-0.3, -0.25) is 9.59 Å². The number of benzene rings is 2. The van der Waals surface area contributed by atoms with Crippen molar-refractivity contribution in [2.45, 2.75) is 18.0 Å². The van der Waals surface area contributed by atoms with Gasteiger partial charge in [-0.25, -0.2) is 0 Å². The van der Waals surface area contributed by atoms with Crippen LogP contribution in [-0.2, 0) is 11.3 Å². The largest absolute Gasteiger partial charge is 0.350 e. The van der Waals surface area contributed by atoms with E-state index in [0.29, 0.717) is 22.9 Å². The molecule has 2 aromatic rings. The Labute approximate surface area is 149 Å². The number of nitrogens with zero attached hydrogens (tertiary/aromatic N) is 1. The van der Waals surface area contributed by atoms with Crippen molar-refractivity contribution in [1.82, 2.24) is 10.2 Å². The maximum Gasteiger partial charge on any atom is 0.256 e. The van der Waals surface area contributed by atoms with Gasteiger partial charge in [0, 0.05) is 22.9 Å². The molecule has 24 heavy (non-hydrogen) atoms. The van der Waals surface area contributed by atoms with Crippen LogP contribution < -0.4 is 5.32 Å². The Balaban J connectivity index is 1.49. The molecule has 4 rings (SSSR count). The highest BCUT2D eigenvalue weighted by Gasteiger charge is 2.48. The molecule has 0 aliphatic carbocycles. The summed E-state index contributed by atoms with van der Waals surface area (Å²) in [6.45, 7) is 0.360. The lowest BCUT2D eigenvalue weighted by atomic mass is 10.1. The van der Waals surface area contributed by atoms with E-state index in [2.05, 4.69) is 5.32 Å². The number of thioether (sulfide) groups is 1. The number of amides is 2. The third-order valence-electron chi connectivity index (χ3n) is 4.41. The van der Waals surface area contributed by atoms with Crippen LogP contribution in [-0.4, -0.2) is 28.5 Å². The average Bonchev–Trinajstić information content (AvgIpc) is 3.15. The van der Waals surface area contributed by atoms with Gasteiger partial charge in [-0.15, -0.1) is 11.8 Å². The zero-order chi connectivity index (χ0) is 16.7. The second kappa shape index (κ2) is 6.15. The van der Waals surface area contributed by atoms with Gasteiger partial charge in [-0.05, 0) is 23.3 Å². The smallest absolute Gasteiger partial charge is 0.256 e. The molecule has 1 unspecified atom stereocenters. The lowest BCUT2D eigenvalue weighted by Crippen LogP contribution is -2.45. The number of hydrogen-bond donors (Lipinski definition) is 1. The molecule has 2 aromatic carbocycles. The minimum absolute atomic E-state index is 0.0511. The maximum absolute atomic E-state index is 12.6. The van der Waals surface area contributed by atoms with Crippen LogP contribution in [0.2, 0.25) is 5.02 Å². The summed E-state index contributed by atoms with van der Waals surface area (Å²) in [6.07, 6.45) is 0. The van der Waals surface area contributed by atoms with E-state index in [0.717, 1.165) is 11.1 Å². The van der Waals surface area contributed by atoms with E-state index in [1.807, 2.05) is 42.5 Å². The third-order valence-corrected chi connectivity index (χ3v) is 6.08. The molecule has 4 nitrogen and oxygen atoms in total. The summed E-state index contributed by atoms with van der Waals surface area (Å²) in [6, 6.07) is 14.6. The Kier molecular flexibility index (Phi) is 3.98. The first-order chi connectivity index (χ1) is 11.7. The Morgan fingerprint density at radius 1 is 1.21 bits per heavy atom. The van der Waals surface area contributed by atoms with Crippen molar-refractivity contribution < 1.29 is 9.59 Å². The normalized spacial score (nSPS) is 21.5. The molecule has 1 fully saturated rings. The SMILES string of the molecule is O=C(NCc1ccccc1Cl)[C@@H]1CSC2c3ccccc3C(=O)N21. The molecule has 0 radical (unpaired) electrons. The quantitative estimate of drug-likeness (QED) is 0.916. The monoisotopic (exact) mass is 358 g/mol. The molecule has 6 heteroatoms. The van der Waals surface area contributed by atoms with Crippen molar-refractivity contribution in [1.29, 1.82) is 0 Å². The van der Waals surface area contributed by atoms with Crippen LogP contribution in [0.5, 0.6) is 0 Å². The number of carbonyl (C=O) groups is 2. The van der Waals surface area contributed by atoms with Crippen LogP contribution in [0.15, 0.2) is 48.5 Å². The van der Waals surface area contributed by atoms with Crippen LogP contribution in [0.3, 0.4) is 0 Å². The number of fused-ring (bicyclic) bond motifs is 3. The molecule has 2 amide bonds. The molecule has 0 saturated carbocycles. The van der Waals surface area contributed by atoms with E-state index in [-0.39, 0.29) is 17.2 Å². The summed E-state index contributed by atoms with van der Waals surface area (Å²) >= 11 is 7.76. The molecular weight excluding hydrogens is 344 g/mol. The molecule has 2 aliphatic heterocycles. The summed E-state index contributed by atoms with van der Waals surface area (Å²) in [4.78, 5) is 26.9. The molecule has 1 saturated heterocycles. The molecule has 0 aromatic heterocycles. The third kappa shape index (κ3) is 2.48. The second-order valence-electron chi connectivity index (χ2n) is 5.81. The fraction of sp³-hybridized carbons (Fsp3) is 0.222. The Bertz CT molecular complexity index is 826. The van der Waals surface area contributed by atoms with Crippen LogP contribution in [0.25, 0.3) is 0 Å². The van der Waals surface area contributed by atoms with E-state index in [9.17, 15) is 9.59 Å². The summed E-state index contributed by atoms with van der Waals surface area (Å²) in [7, 11) is 0. The summed E-state index contributed by atoms with van der Waals surface area (Å²) in [5.74, 6) is 0.420. The Hall–Kier alpha value is -1.98. The zero-order valence-corrected chi connectivity index (χ0v) is 14.3. The lowest BCUT2D eigenvalue weighted by molar-refractivity contribution is -0.124. The fourth-order valence-corrected chi connectivity index (χ4v) is 4.85. The van der Waals surface area contributed by atoms with Crippen molar-refractivity contribution in [3.63, 3.8) is 0 Å². The van der Waals surface area contributed by atoms with Crippen LogP contribution in [0.1, 0.15) is 26.9 Å². The molecular formula is C18H15ClN2O2S. The summed E-state index contributed by atoms with van der Waals surface area (Å²) in [5.41, 5.74) is 2.58. The van der Waals surface area contributed by atoms with Gasteiger partial charge in [0.25, 0.3) is 5.91 Å². The first-order valence-corrected chi connectivity index (χ1v) is 9.14. The molecule has 0 spiro atoms. The van der Waals surface area contributed by atoms with Crippen LogP contribution in [0.4, 0.5) is 0 Å². The second-order valence-corrected chi connectivity index (χ2v) is 7.33. The summed E-state index contributed by atoms with van der Waals surface area (Å²) in [5, 5.41) is 3.49. The Morgan fingerprint density at radius 3 is 2.79 bits per heavy atom. The van der Waals surface area contributed by atoms with Crippen molar-refractivity contribution in [2.24, 2.45) is 0 Å². The van der Waals surface area contributed by atoms with E-state index in [1.54, 1.807) is 22.7 Å². The van der Waals surface area contributed by atoms with Crippen molar-refractivity contribution in [3.05, 3.63) is 70.2 Å². The number of hydrogen-bond acceptors (Lipinski definition) is 3. The number of rotatable bonds is 3. The van der Waals surface area contributed by atoms with Gasteiger partial charge < -0.3 is 10.2 Å². The minimum Gasteiger partial charge on any atom is -0.350 e. The van der Waals surface area contributed by atoms with E-state index >= 15 is 0 Å². The Morgan fingerprint density at radius 2 is 1.96 bits per heavy atom. The number of halogens is 1. The zero-order valence-electron chi connectivity index (χ0n) is 12.7. The van der Waals surface area contributed by atoms with Crippen molar-refractivity contribution >= 4 is 35.2 Å². The first-order valence-electron chi connectivity index (χ1n) is 7.71. The molecule has 0 bridgehead atoms.